The first-order chi connectivity index (χ1) is 14.5. The van der Waals surface area contributed by atoms with Crippen LogP contribution in [0.4, 0.5) is 5.82 Å². The van der Waals surface area contributed by atoms with Crippen LogP contribution in [-0.2, 0) is 4.79 Å². The van der Waals surface area contributed by atoms with Gasteiger partial charge in [0.1, 0.15) is 11.4 Å². The van der Waals surface area contributed by atoms with E-state index in [-0.39, 0.29) is 12.5 Å². The molecular weight excluding hydrogens is 451 g/mol. The van der Waals surface area contributed by atoms with E-state index in [2.05, 4.69) is 15.1 Å². The Morgan fingerprint density at radius 1 is 1.00 bits per heavy atom. The van der Waals surface area contributed by atoms with Crippen molar-refractivity contribution in [2.24, 2.45) is 0 Å². The fourth-order valence-electron chi connectivity index (χ4n) is 3.08. The summed E-state index contributed by atoms with van der Waals surface area (Å²) in [6, 6.07) is 10.4. The Labute approximate surface area is 188 Å². The number of rotatable bonds is 5. The van der Waals surface area contributed by atoms with Crippen LogP contribution in [0, 0.1) is 0 Å². The number of aromatic nitrogens is 2. The molecule has 2 aromatic heterocycles. The summed E-state index contributed by atoms with van der Waals surface area (Å²) < 4.78 is 10.9. The van der Waals surface area contributed by atoms with Gasteiger partial charge < -0.3 is 19.0 Å². The highest BCUT2D eigenvalue weighted by Gasteiger charge is 2.23. The summed E-state index contributed by atoms with van der Waals surface area (Å²) in [4.78, 5) is 16.3. The van der Waals surface area contributed by atoms with E-state index >= 15 is 0 Å². The van der Waals surface area contributed by atoms with Gasteiger partial charge in [0.25, 0.3) is 5.91 Å². The maximum absolute atomic E-state index is 12.5. The Morgan fingerprint density at radius 2 is 1.77 bits per heavy atom. The highest BCUT2D eigenvalue weighted by Crippen LogP contribution is 2.33. The van der Waals surface area contributed by atoms with Crippen LogP contribution in [0.2, 0.25) is 15.1 Å². The second-order valence-electron chi connectivity index (χ2n) is 6.61. The van der Waals surface area contributed by atoms with Crippen LogP contribution < -0.4 is 9.64 Å². The lowest BCUT2D eigenvalue weighted by atomic mass is 10.2. The molecule has 0 bridgehead atoms. The zero-order chi connectivity index (χ0) is 21.1. The van der Waals surface area contributed by atoms with E-state index in [1.54, 1.807) is 17.2 Å². The monoisotopic (exact) mass is 466 g/mol. The molecule has 7 nitrogen and oxygen atoms in total. The lowest BCUT2D eigenvalue weighted by Gasteiger charge is -2.35. The number of benzene rings is 1. The molecule has 156 valence electrons. The smallest absolute Gasteiger partial charge is 0.260 e. The molecule has 3 aromatic rings. The number of amides is 1. The Hall–Kier alpha value is -2.48. The summed E-state index contributed by atoms with van der Waals surface area (Å²) in [5.41, 5.74) is 0.677. The summed E-state index contributed by atoms with van der Waals surface area (Å²) in [6.45, 7) is 2.27. The largest absolute Gasteiger partial charge is 0.482 e. The number of ether oxygens (including phenoxy) is 1. The SMILES string of the molecule is O=C(COc1cc(Cl)c(Cl)cc1Cl)N1CCN(c2ccc(-c3ccco3)nn2)CC1. The van der Waals surface area contributed by atoms with Crippen LogP contribution in [0.15, 0.2) is 47.1 Å². The third kappa shape index (κ3) is 4.64. The van der Waals surface area contributed by atoms with Crippen LogP contribution in [0.5, 0.6) is 5.75 Å². The van der Waals surface area contributed by atoms with E-state index in [1.807, 2.05) is 18.2 Å². The fourth-order valence-corrected chi connectivity index (χ4v) is 3.67. The van der Waals surface area contributed by atoms with Gasteiger partial charge in [-0.15, -0.1) is 10.2 Å². The molecule has 0 aliphatic carbocycles. The van der Waals surface area contributed by atoms with Gasteiger partial charge in [-0.05, 0) is 30.3 Å². The van der Waals surface area contributed by atoms with E-state index in [0.29, 0.717) is 58.5 Å². The van der Waals surface area contributed by atoms with Crippen molar-refractivity contribution in [1.82, 2.24) is 15.1 Å². The summed E-state index contributed by atoms with van der Waals surface area (Å²) in [6.07, 6.45) is 1.60. The van der Waals surface area contributed by atoms with Gasteiger partial charge in [0.05, 0.1) is 21.3 Å². The van der Waals surface area contributed by atoms with Crippen molar-refractivity contribution >= 4 is 46.5 Å². The van der Waals surface area contributed by atoms with Crippen LogP contribution in [0.1, 0.15) is 0 Å². The average Bonchev–Trinajstić information content (AvgIpc) is 3.30. The van der Waals surface area contributed by atoms with Crippen molar-refractivity contribution in [1.29, 1.82) is 0 Å². The molecule has 0 radical (unpaired) electrons. The van der Waals surface area contributed by atoms with Crippen molar-refractivity contribution in [3.05, 3.63) is 57.7 Å². The fraction of sp³-hybridized carbons (Fsp3) is 0.250. The van der Waals surface area contributed by atoms with E-state index in [0.717, 1.165) is 5.82 Å². The summed E-state index contributed by atoms with van der Waals surface area (Å²) in [5.74, 6) is 1.63. The van der Waals surface area contributed by atoms with Crippen molar-refractivity contribution < 1.29 is 13.9 Å². The van der Waals surface area contributed by atoms with Crippen molar-refractivity contribution in [3.63, 3.8) is 0 Å². The Morgan fingerprint density at radius 3 is 2.43 bits per heavy atom. The summed E-state index contributed by atoms with van der Waals surface area (Å²) >= 11 is 18.0. The molecule has 10 heteroatoms. The van der Waals surface area contributed by atoms with Crippen molar-refractivity contribution in [2.75, 3.05) is 37.7 Å². The minimum Gasteiger partial charge on any atom is -0.482 e. The van der Waals surface area contributed by atoms with Gasteiger partial charge in [-0.25, -0.2) is 0 Å². The second-order valence-corrected chi connectivity index (χ2v) is 7.83. The maximum Gasteiger partial charge on any atom is 0.260 e. The molecule has 1 fully saturated rings. The standard InChI is InChI=1S/C20H17Cl3N4O3/c21-13-10-15(23)18(11-14(13)22)30-12-20(28)27-7-5-26(6-8-27)19-4-3-16(24-25-19)17-2-1-9-29-17/h1-4,9-11H,5-8,12H2. The molecule has 0 N–H and O–H groups in total. The molecule has 30 heavy (non-hydrogen) atoms. The maximum atomic E-state index is 12.5. The molecule has 0 unspecified atom stereocenters. The normalized spacial score (nSPS) is 14.1. The van der Waals surface area contributed by atoms with Gasteiger partial charge in [0.15, 0.2) is 18.2 Å². The zero-order valence-electron chi connectivity index (χ0n) is 15.7. The number of piperazine rings is 1. The number of hydrogen-bond acceptors (Lipinski definition) is 6. The number of nitrogens with zero attached hydrogens (tertiary/aromatic N) is 4. The van der Waals surface area contributed by atoms with Gasteiger partial charge >= 0.3 is 0 Å². The Bertz CT molecular complexity index is 1020. The second kappa shape index (κ2) is 9.12. The molecule has 1 aliphatic heterocycles. The van der Waals surface area contributed by atoms with Gasteiger partial charge in [-0.3, -0.25) is 4.79 Å². The minimum atomic E-state index is -0.130. The van der Waals surface area contributed by atoms with Crippen molar-refractivity contribution in [2.45, 2.75) is 0 Å². The highest BCUT2D eigenvalue weighted by atomic mass is 35.5. The van der Waals surface area contributed by atoms with Gasteiger partial charge in [0, 0.05) is 32.2 Å². The molecule has 1 aliphatic rings. The van der Waals surface area contributed by atoms with Gasteiger partial charge in [0.2, 0.25) is 0 Å². The number of halogens is 3. The number of hydrogen-bond donors (Lipinski definition) is 0. The average molecular weight is 468 g/mol. The Balaban J connectivity index is 1.30. The topological polar surface area (TPSA) is 71.7 Å². The van der Waals surface area contributed by atoms with Crippen LogP contribution in [0.3, 0.4) is 0 Å². The third-order valence-electron chi connectivity index (χ3n) is 4.71. The lowest BCUT2D eigenvalue weighted by molar-refractivity contribution is -0.133. The molecule has 0 saturated carbocycles. The van der Waals surface area contributed by atoms with Crippen LogP contribution in [-0.4, -0.2) is 53.8 Å². The van der Waals surface area contributed by atoms with Crippen LogP contribution >= 0.6 is 34.8 Å². The minimum absolute atomic E-state index is 0.129. The number of furan rings is 1. The molecule has 0 spiro atoms. The van der Waals surface area contributed by atoms with Gasteiger partial charge in [-0.2, -0.15) is 0 Å². The molecule has 1 amide bonds. The predicted molar refractivity (Wildman–Crippen MR) is 115 cm³/mol. The highest BCUT2D eigenvalue weighted by molar-refractivity contribution is 6.43. The zero-order valence-corrected chi connectivity index (χ0v) is 18.0. The molecular formula is C20H17Cl3N4O3. The molecule has 0 atom stereocenters. The van der Waals surface area contributed by atoms with E-state index in [1.165, 1.54) is 12.1 Å². The molecule has 1 saturated heterocycles. The summed E-state index contributed by atoms with van der Waals surface area (Å²) in [5, 5.41) is 9.45. The van der Waals surface area contributed by atoms with E-state index < -0.39 is 0 Å². The quantitative estimate of drug-likeness (QED) is 0.517. The number of carbonyl (C=O) groups is 1. The predicted octanol–water partition coefficient (Wildman–Crippen LogP) is 4.42. The molecule has 4 rings (SSSR count). The van der Waals surface area contributed by atoms with Crippen LogP contribution in [0.25, 0.3) is 11.5 Å². The van der Waals surface area contributed by atoms with Crippen molar-refractivity contribution in [3.8, 4) is 17.2 Å². The van der Waals surface area contributed by atoms with E-state index in [4.69, 9.17) is 44.0 Å². The van der Waals surface area contributed by atoms with E-state index in [9.17, 15) is 4.79 Å². The first-order valence-electron chi connectivity index (χ1n) is 9.19. The lowest BCUT2D eigenvalue weighted by Crippen LogP contribution is -2.50. The molecule has 1 aromatic carbocycles. The first kappa shape index (κ1) is 20.8. The Kier molecular flexibility index (Phi) is 6.32. The third-order valence-corrected chi connectivity index (χ3v) is 5.72. The summed E-state index contributed by atoms with van der Waals surface area (Å²) in [7, 11) is 0. The molecule has 3 heterocycles. The number of anilines is 1. The number of carbonyl (C=O) groups excluding carboxylic acids is 1. The van der Waals surface area contributed by atoms with Gasteiger partial charge in [-0.1, -0.05) is 34.8 Å². The first-order valence-corrected chi connectivity index (χ1v) is 10.3.